The van der Waals surface area contributed by atoms with Crippen molar-refractivity contribution in [3.05, 3.63) is 45.9 Å². The molecule has 2 nitrogen and oxygen atoms in total. The van der Waals surface area contributed by atoms with Gasteiger partial charge in [-0.3, -0.25) is 4.79 Å². The van der Waals surface area contributed by atoms with Gasteiger partial charge in [-0.25, -0.2) is 0 Å². The maximum absolute atomic E-state index is 11.6. The van der Waals surface area contributed by atoms with Crippen LogP contribution in [-0.4, -0.2) is 4.98 Å². The molecule has 0 aliphatic rings. The van der Waals surface area contributed by atoms with Crippen LogP contribution >= 0.6 is 0 Å². The molecule has 0 saturated heterocycles. The number of benzene rings is 1. The zero-order valence-corrected chi connectivity index (χ0v) is 8.42. The van der Waals surface area contributed by atoms with Crippen molar-refractivity contribution in [2.24, 2.45) is 0 Å². The van der Waals surface area contributed by atoms with Gasteiger partial charge < -0.3 is 4.98 Å². The Balaban J connectivity index is 2.94. The Morgan fingerprint density at radius 2 is 2.07 bits per heavy atom. The molecule has 0 bridgehead atoms. The fraction of sp³-hybridized carbons (Fsp3) is 0.250. The van der Waals surface area contributed by atoms with E-state index < -0.39 is 0 Å². The normalized spacial score (nSPS) is 10.7. The molecule has 0 fully saturated rings. The smallest absolute Gasteiger partial charge is 0.256 e. The van der Waals surface area contributed by atoms with Crippen LogP contribution in [0.4, 0.5) is 0 Å². The number of nitrogens with one attached hydrogen (secondary N) is 1. The van der Waals surface area contributed by atoms with Gasteiger partial charge in [-0.05, 0) is 36.4 Å². The maximum Gasteiger partial charge on any atom is 0.256 e. The first kappa shape index (κ1) is 9.00. The molecule has 0 atom stereocenters. The van der Waals surface area contributed by atoms with E-state index in [1.54, 1.807) is 0 Å². The Morgan fingerprint density at radius 3 is 2.79 bits per heavy atom. The second-order valence-corrected chi connectivity index (χ2v) is 3.51. The van der Waals surface area contributed by atoms with Gasteiger partial charge >= 0.3 is 0 Å². The summed E-state index contributed by atoms with van der Waals surface area (Å²) >= 11 is 0. The number of rotatable bonds is 1. The molecule has 0 spiro atoms. The van der Waals surface area contributed by atoms with Crippen molar-refractivity contribution in [1.82, 2.24) is 4.98 Å². The number of aromatic nitrogens is 1. The SMILES string of the molecule is CCc1cccc2c(=O)[nH]c(C)cc12. The average Bonchev–Trinajstić information content (AvgIpc) is 2.17. The highest BCUT2D eigenvalue weighted by Crippen LogP contribution is 2.16. The molecule has 14 heavy (non-hydrogen) atoms. The number of hydrogen-bond donors (Lipinski definition) is 1. The fourth-order valence-electron chi connectivity index (χ4n) is 1.79. The Labute approximate surface area is 82.6 Å². The molecule has 1 aromatic heterocycles. The van der Waals surface area contributed by atoms with Crippen LogP contribution in [0.5, 0.6) is 0 Å². The highest BCUT2D eigenvalue weighted by molar-refractivity contribution is 5.85. The molecule has 1 N–H and O–H groups in total. The topological polar surface area (TPSA) is 32.9 Å². The summed E-state index contributed by atoms with van der Waals surface area (Å²) in [4.78, 5) is 14.4. The van der Waals surface area contributed by atoms with E-state index in [0.717, 1.165) is 22.9 Å². The Hall–Kier alpha value is -1.57. The molecule has 2 rings (SSSR count). The predicted octanol–water partition coefficient (Wildman–Crippen LogP) is 2.40. The average molecular weight is 187 g/mol. The Bertz CT molecular complexity index is 525. The second-order valence-electron chi connectivity index (χ2n) is 3.51. The number of fused-ring (bicyclic) bond motifs is 1. The first-order chi connectivity index (χ1) is 6.72. The Morgan fingerprint density at radius 1 is 1.29 bits per heavy atom. The van der Waals surface area contributed by atoms with Crippen molar-refractivity contribution in [3.8, 4) is 0 Å². The van der Waals surface area contributed by atoms with Crippen LogP contribution < -0.4 is 5.56 Å². The largest absolute Gasteiger partial charge is 0.326 e. The van der Waals surface area contributed by atoms with Crippen LogP contribution in [0, 0.1) is 6.92 Å². The minimum absolute atomic E-state index is 0.00954. The molecule has 2 heteroatoms. The number of aryl methyl sites for hydroxylation is 2. The van der Waals surface area contributed by atoms with Gasteiger partial charge in [0, 0.05) is 11.1 Å². The monoisotopic (exact) mass is 187 g/mol. The van der Waals surface area contributed by atoms with Gasteiger partial charge in [0.2, 0.25) is 0 Å². The van der Waals surface area contributed by atoms with E-state index in [4.69, 9.17) is 0 Å². The van der Waals surface area contributed by atoms with Crippen LogP contribution in [0.1, 0.15) is 18.2 Å². The van der Waals surface area contributed by atoms with Gasteiger partial charge in [0.05, 0.1) is 0 Å². The summed E-state index contributed by atoms with van der Waals surface area (Å²) in [6.07, 6.45) is 0.959. The van der Waals surface area contributed by atoms with E-state index in [2.05, 4.69) is 18.0 Å². The van der Waals surface area contributed by atoms with Crippen molar-refractivity contribution in [2.75, 3.05) is 0 Å². The van der Waals surface area contributed by atoms with Gasteiger partial charge in [0.25, 0.3) is 5.56 Å². The summed E-state index contributed by atoms with van der Waals surface area (Å²) in [5, 5.41) is 1.87. The zero-order chi connectivity index (χ0) is 10.1. The van der Waals surface area contributed by atoms with E-state index in [-0.39, 0.29) is 5.56 Å². The summed E-state index contributed by atoms with van der Waals surface area (Å²) < 4.78 is 0. The highest BCUT2D eigenvalue weighted by atomic mass is 16.1. The van der Waals surface area contributed by atoms with Crippen LogP contribution in [0.2, 0.25) is 0 Å². The minimum atomic E-state index is 0.00954. The molecular formula is C12H13NO. The van der Waals surface area contributed by atoms with Crippen molar-refractivity contribution in [2.45, 2.75) is 20.3 Å². The van der Waals surface area contributed by atoms with Crippen LogP contribution in [0.25, 0.3) is 10.8 Å². The van der Waals surface area contributed by atoms with E-state index in [1.165, 1.54) is 5.56 Å². The molecular weight excluding hydrogens is 174 g/mol. The fourth-order valence-corrected chi connectivity index (χ4v) is 1.79. The zero-order valence-electron chi connectivity index (χ0n) is 8.42. The maximum atomic E-state index is 11.6. The van der Waals surface area contributed by atoms with Gasteiger partial charge in [-0.1, -0.05) is 19.1 Å². The van der Waals surface area contributed by atoms with Gasteiger partial charge in [0.15, 0.2) is 0 Å². The lowest BCUT2D eigenvalue weighted by molar-refractivity contribution is 1.14. The molecule has 1 aromatic carbocycles. The van der Waals surface area contributed by atoms with Crippen molar-refractivity contribution in [1.29, 1.82) is 0 Å². The third-order valence-corrected chi connectivity index (χ3v) is 2.49. The van der Waals surface area contributed by atoms with E-state index in [1.807, 2.05) is 25.1 Å². The highest BCUT2D eigenvalue weighted by Gasteiger charge is 2.02. The van der Waals surface area contributed by atoms with Gasteiger partial charge in [-0.2, -0.15) is 0 Å². The number of pyridine rings is 1. The molecule has 0 aliphatic heterocycles. The summed E-state index contributed by atoms with van der Waals surface area (Å²) in [5.41, 5.74) is 2.16. The number of hydrogen-bond acceptors (Lipinski definition) is 1. The lowest BCUT2D eigenvalue weighted by atomic mass is 10.0. The summed E-state index contributed by atoms with van der Waals surface area (Å²) in [6.45, 7) is 4.01. The predicted molar refractivity (Wildman–Crippen MR) is 58.7 cm³/mol. The molecule has 0 amide bonds. The van der Waals surface area contributed by atoms with Gasteiger partial charge in [-0.15, -0.1) is 0 Å². The molecule has 0 unspecified atom stereocenters. The van der Waals surface area contributed by atoms with Crippen molar-refractivity contribution in [3.63, 3.8) is 0 Å². The van der Waals surface area contributed by atoms with Crippen LogP contribution in [0.15, 0.2) is 29.1 Å². The van der Waals surface area contributed by atoms with Crippen molar-refractivity contribution < 1.29 is 0 Å². The standard InChI is InChI=1S/C12H13NO/c1-3-9-5-4-6-10-11(9)7-8(2)13-12(10)14/h4-7H,3H2,1-2H3,(H,13,14). The molecule has 1 heterocycles. The minimum Gasteiger partial charge on any atom is -0.326 e. The summed E-state index contributed by atoms with van der Waals surface area (Å²) in [5.74, 6) is 0. The van der Waals surface area contributed by atoms with Crippen molar-refractivity contribution >= 4 is 10.8 Å². The van der Waals surface area contributed by atoms with Gasteiger partial charge in [0.1, 0.15) is 0 Å². The third kappa shape index (κ3) is 1.33. The first-order valence-corrected chi connectivity index (χ1v) is 4.84. The lowest BCUT2D eigenvalue weighted by Gasteiger charge is -2.04. The summed E-state index contributed by atoms with van der Waals surface area (Å²) in [7, 11) is 0. The van der Waals surface area contributed by atoms with E-state index in [0.29, 0.717) is 0 Å². The molecule has 0 radical (unpaired) electrons. The molecule has 72 valence electrons. The Kier molecular flexibility index (Phi) is 2.12. The first-order valence-electron chi connectivity index (χ1n) is 4.84. The second kappa shape index (κ2) is 3.29. The summed E-state index contributed by atoms with van der Waals surface area (Å²) in [6, 6.07) is 7.91. The molecule has 2 aromatic rings. The number of aromatic amines is 1. The lowest BCUT2D eigenvalue weighted by Crippen LogP contribution is -2.07. The molecule has 0 saturated carbocycles. The number of H-pyrrole nitrogens is 1. The quantitative estimate of drug-likeness (QED) is 0.730. The molecule has 0 aliphatic carbocycles. The third-order valence-electron chi connectivity index (χ3n) is 2.49. The van der Waals surface area contributed by atoms with E-state index in [9.17, 15) is 4.79 Å². The van der Waals surface area contributed by atoms with E-state index >= 15 is 0 Å². The van der Waals surface area contributed by atoms with Crippen LogP contribution in [0.3, 0.4) is 0 Å². The van der Waals surface area contributed by atoms with Crippen LogP contribution in [-0.2, 0) is 6.42 Å².